The molecule has 0 aliphatic rings. The van der Waals surface area contributed by atoms with Gasteiger partial charge in [-0.05, 0) is 30.7 Å². The second-order valence-corrected chi connectivity index (χ2v) is 8.13. The van der Waals surface area contributed by atoms with Crippen LogP contribution in [0.3, 0.4) is 0 Å². The minimum absolute atomic E-state index is 0.323. The lowest BCUT2D eigenvalue weighted by atomic mass is 10.1. The number of nitrogens with zero attached hydrogens (tertiary/aromatic N) is 4. The molecule has 1 amide bonds. The van der Waals surface area contributed by atoms with E-state index in [4.69, 9.17) is 0 Å². The van der Waals surface area contributed by atoms with Gasteiger partial charge >= 0.3 is 0 Å². The molecule has 4 rings (SSSR count). The Kier molecular flexibility index (Phi) is 5.36. The Morgan fingerprint density at radius 2 is 1.90 bits per heavy atom. The van der Waals surface area contributed by atoms with Crippen LogP contribution in [0.15, 0.2) is 42.9 Å². The van der Waals surface area contributed by atoms with Crippen LogP contribution in [0.4, 0.5) is 13.9 Å². The highest BCUT2D eigenvalue weighted by atomic mass is 32.1. The van der Waals surface area contributed by atoms with E-state index in [0.717, 1.165) is 17.0 Å². The van der Waals surface area contributed by atoms with Crippen LogP contribution in [0.25, 0.3) is 10.8 Å². The van der Waals surface area contributed by atoms with Crippen molar-refractivity contribution in [3.63, 3.8) is 0 Å². The second kappa shape index (κ2) is 8.10. The smallest absolute Gasteiger partial charge is 0.269 e. The number of benzene rings is 1. The van der Waals surface area contributed by atoms with Gasteiger partial charge in [-0.1, -0.05) is 6.07 Å². The van der Waals surface area contributed by atoms with Crippen molar-refractivity contribution >= 4 is 33.7 Å². The zero-order chi connectivity index (χ0) is 20.4. The lowest BCUT2D eigenvalue weighted by Crippen LogP contribution is -2.11. The third-order valence-corrected chi connectivity index (χ3v) is 5.96. The highest BCUT2D eigenvalue weighted by Gasteiger charge is 2.18. The molecule has 0 aliphatic carbocycles. The number of carbonyl (C=O) groups is 1. The van der Waals surface area contributed by atoms with Gasteiger partial charge in [0, 0.05) is 29.9 Å². The van der Waals surface area contributed by atoms with E-state index in [1.807, 2.05) is 0 Å². The Morgan fingerprint density at radius 3 is 2.66 bits per heavy atom. The van der Waals surface area contributed by atoms with E-state index >= 15 is 0 Å². The van der Waals surface area contributed by atoms with E-state index < -0.39 is 11.6 Å². The van der Waals surface area contributed by atoms with Crippen molar-refractivity contribution in [1.82, 2.24) is 19.9 Å². The Hall–Kier alpha value is -3.11. The summed E-state index contributed by atoms with van der Waals surface area (Å²) >= 11 is 2.47. The maximum Gasteiger partial charge on any atom is 0.269 e. The van der Waals surface area contributed by atoms with Gasteiger partial charge in [0.05, 0.1) is 5.69 Å². The lowest BCUT2D eigenvalue weighted by molar-refractivity contribution is 0.103. The lowest BCUT2D eigenvalue weighted by Gasteiger charge is -2.00. The number of aromatic nitrogens is 4. The topological polar surface area (TPSA) is 80.7 Å². The summed E-state index contributed by atoms with van der Waals surface area (Å²) in [5.41, 5.74) is 1.20. The first-order chi connectivity index (χ1) is 14.0. The van der Waals surface area contributed by atoms with Crippen LogP contribution in [0.2, 0.25) is 0 Å². The van der Waals surface area contributed by atoms with Crippen molar-refractivity contribution in [2.75, 3.05) is 5.32 Å². The zero-order valence-electron chi connectivity index (χ0n) is 15.0. The molecule has 1 N–H and O–H groups in total. The van der Waals surface area contributed by atoms with Gasteiger partial charge in [0.15, 0.2) is 27.6 Å². The molecule has 0 atom stereocenters. The van der Waals surface area contributed by atoms with Gasteiger partial charge in [-0.15, -0.1) is 22.7 Å². The quantitative estimate of drug-likeness (QED) is 0.506. The molecule has 6 nitrogen and oxygen atoms in total. The number of nitrogens with one attached hydrogen (secondary N) is 1. The monoisotopic (exact) mass is 429 g/mol. The predicted octanol–water partition coefficient (Wildman–Crippen LogP) is 4.49. The van der Waals surface area contributed by atoms with E-state index in [1.165, 1.54) is 28.7 Å². The fourth-order valence-electron chi connectivity index (χ4n) is 2.56. The number of amides is 1. The minimum Gasteiger partial charge on any atom is -0.297 e. The molecule has 0 saturated carbocycles. The Balaban J connectivity index is 1.47. The van der Waals surface area contributed by atoms with E-state index in [2.05, 4.69) is 25.3 Å². The van der Waals surface area contributed by atoms with Crippen LogP contribution in [0.5, 0.6) is 0 Å². The number of halogens is 2. The van der Waals surface area contributed by atoms with Crippen molar-refractivity contribution in [1.29, 1.82) is 0 Å². The van der Waals surface area contributed by atoms with Crippen LogP contribution in [-0.2, 0) is 6.42 Å². The number of thiazole rings is 2. The molecule has 0 bridgehead atoms. The van der Waals surface area contributed by atoms with Gasteiger partial charge in [-0.3, -0.25) is 10.1 Å². The molecule has 1 aromatic carbocycles. The third kappa shape index (κ3) is 4.33. The average Bonchev–Trinajstić information content (AvgIpc) is 3.32. The number of carbonyl (C=O) groups excluding carboxylic acids is 1. The first-order valence-corrected chi connectivity index (χ1v) is 10.1. The molecule has 0 spiro atoms. The molecule has 0 saturated heterocycles. The summed E-state index contributed by atoms with van der Waals surface area (Å²) in [6.07, 6.45) is 5.22. The minimum atomic E-state index is -0.889. The van der Waals surface area contributed by atoms with Gasteiger partial charge in [0.25, 0.3) is 5.91 Å². The van der Waals surface area contributed by atoms with E-state index in [-0.39, 0.29) is 5.91 Å². The molecular weight excluding hydrogens is 416 g/mol. The predicted molar refractivity (Wildman–Crippen MR) is 107 cm³/mol. The molecule has 10 heteroatoms. The summed E-state index contributed by atoms with van der Waals surface area (Å²) < 4.78 is 26.4. The van der Waals surface area contributed by atoms with E-state index in [1.54, 1.807) is 31.6 Å². The molecule has 0 fully saturated rings. The highest BCUT2D eigenvalue weighted by Crippen LogP contribution is 2.27. The van der Waals surface area contributed by atoms with E-state index in [0.29, 0.717) is 38.5 Å². The van der Waals surface area contributed by atoms with Crippen molar-refractivity contribution in [2.45, 2.75) is 13.3 Å². The Bertz CT molecular complexity index is 1180. The molecule has 146 valence electrons. The van der Waals surface area contributed by atoms with Crippen molar-refractivity contribution < 1.29 is 13.6 Å². The second-order valence-electron chi connectivity index (χ2n) is 6.02. The van der Waals surface area contributed by atoms with Crippen LogP contribution in [0, 0.1) is 18.6 Å². The molecule has 0 aliphatic heterocycles. The molecule has 0 unspecified atom stereocenters. The zero-order valence-corrected chi connectivity index (χ0v) is 16.7. The summed E-state index contributed by atoms with van der Waals surface area (Å²) in [5, 5.41) is 3.73. The summed E-state index contributed by atoms with van der Waals surface area (Å²) in [6.45, 7) is 1.74. The van der Waals surface area contributed by atoms with Gasteiger partial charge in [-0.25, -0.2) is 28.7 Å². The summed E-state index contributed by atoms with van der Waals surface area (Å²) in [5.74, 6) is -1.63. The number of hydrogen-bond acceptors (Lipinski definition) is 7. The van der Waals surface area contributed by atoms with Gasteiger partial charge in [-0.2, -0.15) is 0 Å². The molecule has 3 aromatic heterocycles. The highest BCUT2D eigenvalue weighted by molar-refractivity contribution is 7.17. The van der Waals surface area contributed by atoms with Crippen molar-refractivity contribution in [2.24, 2.45) is 0 Å². The molecule has 29 heavy (non-hydrogen) atoms. The molecule has 4 aromatic rings. The average molecular weight is 429 g/mol. The van der Waals surface area contributed by atoms with Gasteiger partial charge in [0.2, 0.25) is 0 Å². The first-order valence-electron chi connectivity index (χ1n) is 8.44. The number of hydrogen-bond donors (Lipinski definition) is 1. The number of aryl methyl sites for hydroxylation is 1. The third-order valence-electron chi connectivity index (χ3n) is 3.90. The van der Waals surface area contributed by atoms with Crippen molar-refractivity contribution in [3.8, 4) is 10.8 Å². The van der Waals surface area contributed by atoms with Crippen LogP contribution in [-0.4, -0.2) is 25.8 Å². The molecular formula is C19H13F2N5OS2. The SMILES string of the molecule is Cc1nc(-c2ncccn2)sc1C(=O)Nc1ncc(Cc2ccc(F)c(F)c2)s1. The molecule has 0 radical (unpaired) electrons. The fraction of sp³-hybridized carbons (Fsp3) is 0.105. The Labute approximate surface area is 172 Å². The number of anilines is 1. The standard InChI is InChI=1S/C19H13F2N5OS2/c1-10-15(29-18(25-10)16-22-5-2-6-23-16)17(27)26-19-24-9-12(28-19)7-11-3-4-13(20)14(21)8-11/h2-6,8-9H,7H2,1H3,(H,24,26,27). The maximum atomic E-state index is 13.4. The maximum absolute atomic E-state index is 13.4. The summed E-state index contributed by atoms with van der Waals surface area (Å²) in [6, 6.07) is 5.47. The fourth-order valence-corrected chi connectivity index (χ4v) is 4.32. The number of rotatable bonds is 5. The summed E-state index contributed by atoms with van der Waals surface area (Å²) in [7, 11) is 0. The van der Waals surface area contributed by atoms with Crippen LogP contribution < -0.4 is 5.32 Å². The van der Waals surface area contributed by atoms with Gasteiger partial charge in [0.1, 0.15) is 4.88 Å². The first kappa shape index (κ1) is 19.2. The summed E-state index contributed by atoms with van der Waals surface area (Å²) in [4.78, 5) is 30.7. The van der Waals surface area contributed by atoms with Crippen molar-refractivity contribution in [3.05, 3.63) is 75.5 Å². The van der Waals surface area contributed by atoms with Crippen LogP contribution >= 0.6 is 22.7 Å². The van der Waals surface area contributed by atoms with Crippen LogP contribution in [0.1, 0.15) is 25.8 Å². The van der Waals surface area contributed by atoms with Gasteiger partial charge < -0.3 is 0 Å². The largest absolute Gasteiger partial charge is 0.297 e. The van der Waals surface area contributed by atoms with E-state index in [9.17, 15) is 13.6 Å². The normalized spacial score (nSPS) is 10.9. The Morgan fingerprint density at radius 1 is 1.10 bits per heavy atom. The molecule has 3 heterocycles.